The first-order chi connectivity index (χ1) is 10.1. The average Bonchev–Trinajstić information content (AvgIpc) is 2.49. The summed E-state index contributed by atoms with van der Waals surface area (Å²) in [6.07, 6.45) is 0. The van der Waals surface area contributed by atoms with Crippen molar-refractivity contribution in [1.82, 2.24) is 0 Å². The minimum Gasteiger partial charge on any atom is -0.392 e. The monoisotopic (exact) mass is 286 g/mol. The van der Waals surface area contributed by atoms with E-state index >= 15 is 0 Å². The van der Waals surface area contributed by atoms with E-state index in [1.807, 2.05) is 43.0 Å². The average molecular weight is 286 g/mol. The highest BCUT2D eigenvalue weighted by atomic mass is 16.6. The summed E-state index contributed by atoms with van der Waals surface area (Å²) >= 11 is 0. The summed E-state index contributed by atoms with van der Waals surface area (Å²) in [5, 5.41) is 20.4. The Kier molecular flexibility index (Phi) is 4.55. The Labute approximate surface area is 123 Å². The van der Waals surface area contributed by atoms with Crippen molar-refractivity contribution in [1.29, 1.82) is 0 Å². The molecule has 1 N–H and O–H groups in total. The van der Waals surface area contributed by atoms with Gasteiger partial charge >= 0.3 is 0 Å². The second-order valence-corrected chi connectivity index (χ2v) is 4.76. The van der Waals surface area contributed by atoms with Crippen molar-refractivity contribution in [2.24, 2.45) is 0 Å². The van der Waals surface area contributed by atoms with E-state index < -0.39 is 4.92 Å². The summed E-state index contributed by atoms with van der Waals surface area (Å²) in [5.74, 6) is 0. The van der Waals surface area contributed by atoms with Crippen molar-refractivity contribution in [2.75, 3.05) is 11.4 Å². The van der Waals surface area contributed by atoms with Gasteiger partial charge in [-0.25, -0.2) is 0 Å². The van der Waals surface area contributed by atoms with Gasteiger partial charge in [0, 0.05) is 35.6 Å². The summed E-state index contributed by atoms with van der Waals surface area (Å²) in [4.78, 5) is 12.4. The number of nitro groups is 1. The van der Waals surface area contributed by atoms with E-state index in [-0.39, 0.29) is 12.3 Å². The molecule has 0 spiro atoms. The van der Waals surface area contributed by atoms with Gasteiger partial charge in [0.05, 0.1) is 11.5 Å². The third-order valence-electron chi connectivity index (χ3n) is 3.46. The Morgan fingerprint density at radius 3 is 2.48 bits per heavy atom. The zero-order chi connectivity index (χ0) is 15.4. The first-order valence-corrected chi connectivity index (χ1v) is 6.79. The number of non-ortho nitro benzene ring substituents is 1. The number of benzene rings is 2. The highest BCUT2D eigenvalue weighted by molar-refractivity contribution is 5.70. The molecule has 0 aliphatic rings. The number of aliphatic hydroxyl groups excluding tert-OH is 1. The van der Waals surface area contributed by atoms with Gasteiger partial charge in [-0.2, -0.15) is 0 Å². The number of anilines is 2. The van der Waals surface area contributed by atoms with Gasteiger partial charge in [0.1, 0.15) is 0 Å². The van der Waals surface area contributed by atoms with Crippen LogP contribution in [0.25, 0.3) is 0 Å². The maximum Gasteiger partial charge on any atom is 0.269 e. The fourth-order valence-electron chi connectivity index (χ4n) is 2.41. The van der Waals surface area contributed by atoms with Gasteiger partial charge in [0.25, 0.3) is 5.69 Å². The predicted molar refractivity (Wildman–Crippen MR) is 82.9 cm³/mol. The van der Waals surface area contributed by atoms with E-state index in [4.69, 9.17) is 0 Å². The highest BCUT2D eigenvalue weighted by Gasteiger charge is 2.16. The second-order valence-electron chi connectivity index (χ2n) is 4.76. The van der Waals surface area contributed by atoms with Gasteiger partial charge in [-0.05, 0) is 31.5 Å². The quantitative estimate of drug-likeness (QED) is 0.674. The normalized spacial score (nSPS) is 10.4. The van der Waals surface area contributed by atoms with Gasteiger partial charge in [0.15, 0.2) is 0 Å². The molecular weight excluding hydrogens is 268 g/mol. The Morgan fingerprint density at radius 2 is 1.90 bits per heavy atom. The largest absolute Gasteiger partial charge is 0.392 e. The SMILES string of the molecule is CCN(c1ccccc1C)c1ccc([N+](=O)[O-])cc1CO. The minimum atomic E-state index is -0.451. The summed E-state index contributed by atoms with van der Waals surface area (Å²) < 4.78 is 0. The minimum absolute atomic E-state index is 0.0105. The van der Waals surface area contributed by atoms with Gasteiger partial charge in [0.2, 0.25) is 0 Å². The molecule has 2 aromatic rings. The Morgan fingerprint density at radius 1 is 1.19 bits per heavy atom. The third kappa shape index (κ3) is 3.03. The number of nitro benzene ring substituents is 1. The lowest BCUT2D eigenvalue weighted by Gasteiger charge is -2.27. The van der Waals surface area contributed by atoms with Gasteiger partial charge in [-0.3, -0.25) is 10.1 Å². The summed E-state index contributed by atoms with van der Waals surface area (Å²) in [6.45, 7) is 4.49. The molecule has 2 aromatic carbocycles. The summed E-state index contributed by atoms with van der Waals surface area (Å²) in [6, 6.07) is 12.5. The first-order valence-electron chi connectivity index (χ1n) is 6.79. The molecule has 0 fully saturated rings. The van der Waals surface area contributed by atoms with Crippen LogP contribution in [0.1, 0.15) is 18.1 Å². The zero-order valence-electron chi connectivity index (χ0n) is 12.1. The van der Waals surface area contributed by atoms with Crippen molar-refractivity contribution in [3.05, 3.63) is 63.7 Å². The number of nitrogens with zero attached hydrogens (tertiary/aromatic N) is 2. The molecule has 0 aromatic heterocycles. The summed E-state index contributed by atoms with van der Waals surface area (Å²) in [7, 11) is 0. The molecule has 2 rings (SSSR count). The lowest BCUT2D eigenvalue weighted by molar-refractivity contribution is -0.384. The van der Waals surface area contributed by atoms with Crippen molar-refractivity contribution >= 4 is 17.1 Å². The molecule has 0 saturated heterocycles. The molecule has 0 bridgehead atoms. The zero-order valence-corrected chi connectivity index (χ0v) is 12.1. The van der Waals surface area contributed by atoms with Crippen LogP contribution in [-0.2, 0) is 6.61 Å². The maximum absolute atomic E-state index is 10.9. The van der Waals surface area contributed by atoms with Crippen molar-refractivity contribution < 1.29 is 10.0 Å². The van der Waals surface area contributed by atoms with Crippen LogP contribution in [0.5, 0.6) is 0 Å². The fraction of sp³-hybridized carbons (Fsp3) is 0.250. The number of para-hydroxylation sites is 1. The molecule has 110 valence electrons. The van der Waals surface area contributed by atoms with Gasteiger partial charge in [-0.15, -0.1) is 0 Å². The molecule has 5 heteroatoms. The number of aliphatic hydroxyl groups is 1. The number of rotatable bonds is 5. The van der Waals surface area contributed by atoms with Crippen LogP contribution in [-0.4, -0.2) is 16.6 Å². The lowest BCUT2D eigenvalue weighted by Crippen LogP contribution is -2.18. The van der Waals surface area contributed by atoms with Crippen LogP contribution >= 0.6 is 0 Å². The smallest absolute Gasteiger partial charge is 0.269 e. The maximum atomic E-state index is 10.9. The molecular formula is C16H18N2O3. The van der Waals surface area contributed by atoms with Crippen LogP contribution in [0.15, 0.2) is 42.5 Å². The topological polar surface area (TPSA) is 66.6 Å². The van der Waals surface area contributed by atoms with Crippen LogP contribution in [0.2, 0.25) is 0 Å². The number of hydrogen-bond acceptors (Lipinski definition) is 4. The predicted octanol–water partition coefficient (Wildman–Crippen LogP) is 3.55. The molecule has 5 nitrogen and oxygen atoms in total. The molecule has 0 heterocycles. The number of aryl methyl sites for hydroxylation is 1. The first kappa shape index (κ1) is 15.0. The lowest BCUT2D eigenvalue weighted by atomic mass is 10.1. The highest BCUT2D eigenvalue weighted by Crippen LogP contribution is 2.32. The van der Waals surface area contributed by atoms with Crippen LogP contribution in [0.3, 0.4) is 0 Å². The fourth-order valence-corrected chi connectivity index (χ4v) is 2.41. The second kappa shape index (κ2) is 6.37. The number of hydrogen-bond donors (Lipinski definition) is 1. The Hall–Kier alpha value is -2.40. The molecule has 0 saturated carbocycles. The van der Waals surface area contributed by atoms with E-state index in [0.717, 1.165) is 16.9 Å². The third-order valence-corrected chi connectivity index (χ3v) is 3.46. The molecule has 0 aliphatic carbocycles. The van der Waals surface area contributed by atoms with E-state index in [2.05, 4.69) is 0 Å². The van der Waals surface area contributed by atoms with E-state index in [9.17, 15) is 15.2 Å². The van der Waals surface area contributed by atoms with Crippen LogP contribution in [0.4, 0.5) is 17.1 Å². The molecule has 0 amide bonds. The standard InChI is InChI=1S/C16H18N2O3/c1-3-17(15-7-5-4-6-12(15)2)16-9-8-14(18(20)21)10-13(16)11-19/h4-10,19H,3,11H2,1-2H3. The molecule has 21 heavy (non-hydrogen) atoms. The van der Waals surface area contributed by atoms with E-state index in [0.29, 0.717) is 12.1 Å². The Balaban J connectivity index is 2.52. The van der Waals surface area contributed by atoms with Gasteiger partial charge in [-0.1, -0.05) is 18.2 Å². The van der Waals surface area contributed by atoms with Crippen molar-refractivity contribution in [3.8, 4) is 0 Å². The van der Waals surface area contributed by atoms with Crippen molar-refractivity contribution in [2.45, 2.75) is 20.5 Å². The molecule has 0 unspecified atom stereocenters. The van der Waals surface area contributed by atoms with Crippen LogP contribution in [0, 0.1) is 17.0 Å². The molecule has 0 atom stereocenters. The van der Waals surface area contributed by atoms with Crippen LogP contribution < -0.4 is 4.90 Å². The Bertz CT molecular complexity index is 656. The van der Waals surface area contributed by atoms with E-state index in [1.54, 1.807) is 6.07 Å². The van der Waals surface area contributed by atoms with Gasteiger partial charge < -0.3 is 10.0 Å². The molecule has 0 aliphatic heterocycles. The van der Waals surface area contributed by atoms with E-state index in [1.165, 1.54) is 12.1 Å². The van der Waals surface area contributed by atoms with Crippen molar-refractivity contribution in [3.63, 3.8) is 0 Å². The summed E-state index contributed by atoms with van der Waals surface area (Å²) in [5.41, 5.74) is 3.47. The molecule has 0 radical (unpaired) electrons.